The topological polar surface area (TPSA) is 36.7 Å². The summed E-state index contributed by atoms with van der Waals surface area (Å²) in [5, 5.41) is 11.7. The Morgan fingerprint density at radius 2 is 1.60 bits per heavy atom. The van der Waals surface area contributed by atoms with Crippen LogP contribution in [0.4, 0.5) is 0 Å². The van der Waals surface area contributed by atoms with Crippen LogP contribution in [0, 0.1) is 11.3 Å². The summed E-state index contributed by atoms with van der Waals surface area (Å²) < 4.78 is 0. The molecule has 3 aromatic rings. The third-order valence-corrected chi connectivity index (χ3v) is 10.8. The van der Waals surface area contributed by atoms with Crippen LogP contribution < -0.4 is 5.32 Å². The monoisotopic (exact) mass is 344 g/mol. The second-order valence-electron chi connectivity index (χ2n) is 8.14. The highest BCUT2D eigenvalue weighted by Gasteiger charge is 2.38. The van der Waals surface area contributed by atoms with E-state index in [9.17, 15) is 0 Å². The fraction of sp³-hybridized carbons (Fsp3) is 0.273. The van der Waals surface area contributed by atoms with Gasteiger partial charge in [-0.3, -0.25) is 4.98 Å². The Morgan fingerprint density at radius 1 is 0.960 bits per heavy atom. The molecule has 0 spiro atoms. The molecular formula is C22H24N2Si. The Bertz CT molecular complexity index is 958. The molecule has 0 saturated carbocycles. The summed E-state index contributed by atoms with van der Waals surface area (Å²) in [6, 6.07) is 20.7. The summed E-state index contributed by atoms with van der Waals surface area (Å²) in [6.45, 7) is 11.7. The van der Waals surface area contributed by atoms with Gasteiger partial charge in [0, 0.05) is 10.7 Å². The van der Waals surface area contributed by atoms with Gasteiger partial charge in [-0.25, -0.2) is 0 Å². The van der Waals surface area contributed by atoms with Gasteiger partial charge in [0.15, 0.2) is 0 Å². The van der Waals surface area contributed by atoms with Crippen molar-refractivity contribution in [3.05, 3.63) is 60.2 Å². The predicted molar refractivity (Wildman–Crippen MR) is 109 cm³/mol. The lowest BCUT2D eigenvalue weighted by molar-refractivity contribution is 0.728. The van der Waals surface area contributed by atoms with E-state index >= 15 is 0 Å². The highest BCUT2D eigenvalue weighted by atomic mass is 28.3. The maximum Gasteiger partial charge on any atom is 0.110 e. The first-order valence-corrected chi connectivity index (χ1v) is 11.6. The van der Waals surface area contributed by atoms with E-state index in [1.807, 2.05) is 30.3 Å². The molecule has 3 rings (SSSR count). The molecule has 1 heterocycles. The number of nitriles is 1. The number of benzene rings is 2. The van der Waals surface area contributed by atoms with Crippen molar-refractivity contribution in [2.24, 2.45) is 0 Å². The zero-order valence-corrected chi connectivity index (χ0v) is 16.6. The minimum Gasteiger partial charge on any atom is -0.258 e. The van der Waals surface area contributed by atoms with Crippen molar-refractivity contribution in [3.63, 3.8) is 0 Å². The fourth-order valence-corrected chi connectivity index (χ4v) is 4.52. The van der Waals surface area contributed by atoms with E-state index in [1.54, 1.807) is 0 Å². The van der Waals surface area contributed by atoms with Gasteiger partial charge in [0.2, 0.25) is 0 Å². The van der Waals surface area contributed by atoms with Gasteiger partial charge in [-0.15, -0.1) is 0 Å². The lowest BCUT2D eigenvalue weighted by Crippen LogP contribution is -2.51. The van der Waals surface area contributed by atoms with Gasteiger partial charge in [-0.2, -0.15) is 5.26 Å². The average molecular weight is 345 g/mol. The predicted octanol–water partition coefficient (Wildman–Crippen LogP) is 5.49. The number of fused-ring (bicyclic) bond motifs is 1. The Hall–Kier alpha value is -2.44. The highest BCUT2D eigenvalue weighted by Crippen LogP contribution is 2.36. The minimum absolute atomic E-state index is 0.227. The van der Waals surface area contributed by atoms with Crippen LogP contribution in [0.25, 0.3) is 22.0 Å². The molecule has 3 heteroatoms. The molecule has 25 heavy (non-hydrogen) atoms. The first-order valence-electron chi connectivity index (χ1n) is 8.65. The van der Waals surface area contributed by atoms with Gasteiger partial charge in [0.25, 0.3) is 0 Å². The van der Waals surface area contributed by atoms with Gasteiger partial charge < -0.3 is 0 Å². The first kappa shape index (κ1) is 17.4. The summed E-state index contributed by atoms with van der Waals surface area (Å²) >= 11 is 0. The summed E-state index contributed by atoms with van der Waals surface area (Å²) in [5.74, 6) is 0. The van der Waals surface area contributed by atoms with Crippen molar-refractivity contribution in [1.29, 1.82) is 5.26 Å². The van der Waals surface area contributed by atoms with Crippen molar-refractivity contribution >= 4 is 24.3 Å². The molecule has 0 aliphatic carbocycles. The second-order valence-corrected chi connectivity index (χ2v) is 13.4. The molecule has 2 nitrogen and oxygen atoms in total. The van der Waals surface area contributed by atoms with E-state index < -0.39 is 8.07 Å². The number of pyridine rings is 1. The number of nitrogens with zero attached hydrogens (tertiary/aromatic N) is 2. The Balaban J connectivity index is 2.28. The van der Waals surface area contributed by atoms with Crippen LogP contribution in [0.2, 0.25) is 18.1 Å². The van der Waals surface area contributed by atoms with E-state index in [2.05, 4.69) is 64.2 Å². The molecule has 1 aromatic heterocycles. The van der Waals surface area contributed by atoms with Crippen LogP contribution in [-0.4, -0.2) is 13.1 Å². The zero-order chi connectivity index (χ0) is 18.2. The van der Waals surface area contributed by atoms with E-state index in [1.165, 1.54) is 10.9 Å². The SMILES string of the molecule is CC(C)(C)[Si](C)(C)c1cc(-c2ccc(C#N)cc2)c2ccccc2n1. The van der Waals surface area contributed by atoms with Crippen molar-refractivity contribution in [2.45, 2.75) is 38.9 Å². The molecule has 0 atom stereocenters. The molecule has 0 N–H and O–H groups in total. The Morgan fingerprint density at radius 3 is 2.20 bits per heavy atom. The molecule has 0 unspecified atom stereocenters. The third kappa shape index (κ3) is 3.10. The lowest BCUT2D eigenvalue weighted by atomic mass is 10.0. The van der Waals surface area contributed by atoms with E-state index in [4.69, 9.17) is 10.2 Å². The van der Waals surface area contributed by atoms with Crippen LogP contribution in [0.15, 0.2) is 54.6 Å². The number of aromatic nitrogens is 1. The standard InChI is InChI=1S/C22H24N2Si/c1-22(2,3)25(4,5)21-14-19(17-12-10-16(15-23)11-13-17)18-8-6-7-9-20(18)24-21/h6-14H,1-5H3. The Kier molecular flexibility index (Phi) is 4.26. The quantitative estimate of drug-likeness (QED) is 0.576. The fourth-order valence-electron chi connectivity index (χ4n) is 2.84. The first-order chi connectivity index (χ1) is 11.7. The second kappa shape index (κ2) is 6.13. The van der Waals surface area contributed by atoms with Gasteiger partial charge in [0.05, 0.1) is 17.1 Å². The van der Waals surface area contributed by atoms with E-state index in [0.29, 0.717) is 5.56 Å². The van der Waals surface area contributed by atoms with Gasteiger partial charge in [0.1, 0.15) is 8.07 Å². The van der Waals surface area contributed by atoms with Crippen LogP contribution in [0.3, 0.4) is 0 Å². The van der Waals surface area contributed by atoms with Crippen molar-refractivity contribution in [2.75, 3.05) is 0 Å². The molecule has 0 radical (unpaired) electrons. The summed E-state index contributed by atoms with van der Waals surface area (Å²) in [7, 11) is -1.74. The van der Waals surface area contributed by atoms with Crippen molar-refractivity contribution < 1.29 is 0 Å². The zero-order valence-electron chi connectivity index (χ0n) is 15.6. The largest absolute Gasteiger partial charge is 0.258 e. The molecular weight excluding hydrogens is 320 g/mol. The normalized spacial score (nSPS) is 12.2. The molecule has 0 fully saturated rings. The van der Waals surface area contributed by atoms with E-state index in [0.717, 1.165) is 16.5 Å². The molecule has 0 saturated heterocycles. The summed E-state index contributed by atoms with van der Waals surface area (Å²) in [4.78, 5) is 5.04. The molecule has 0 aliphatic rings. The third-order valence-electron chi connectivity index (χ3n) is 5.56. The maximum atomic E-state index is 9.06. The van der Waals surface area contributed by atoms with Crippen LogP contribution >= 0.6 is 0 Å². The number of hydrogen-bond donors (Lipinski definition) is 0. The average Bonchev–Trinajstić information content (AvgIpc) is 2.60. The highest BCUT2D eigenvalue weighted by molar-refractivity contribution is 6.91. The smallest absolute Gasteiger partial charge is 0.110 e. The molecule has 126 valence electrons. The van der Waals surface area contributed by atoms with Crippen molar-refractivity contribution in [3.8, 4) is 17.2 Å². The molecule has 0 aliphatic heterocycles. The van der Waals surface area contributed by atoms with E-state index in [-0.39, 0.29) is 5.04 Å². The number of para-hydroxylation sites is 1. The lowest BCUT2D eigenvalue weighted by Gasteiger charge is -2.36. The molecule has 0 bridgehead atoms. The number of hydrogen-bond acceptors (Lipinski definition) is 2. The molecule has 0 amide bonds. The van der Waals surface area contributed by atoms with Crippen LogP contribution in [-0.2, 0) is 0 Å². The minimum atomic E-state index is -1.74. The van der Waals surface area contributed by atoms with Crippen LogP contribution in [0.5, 0.6) is 0 Å². The van der Waals surface area contributed by atoms with Gasteiger partial charge in [-0.05, 0) is 40.4 Å². The summed E-state index contributed by atoms with van der Waals surface area (Å²) in [6.07, 6.45) is 0. The Labute approximate surface area is 151 Å². The summed E-state index contributed by atoms with van der Waals surface area (Å²) in [5.41, 5.74) is 4.07. The maximum absolute atomic E-state index is 9.06. The van der Waals surface area contributed by atoms with Crippen LogP contribution in [0.1, 0.15) is 26.3 Å². The van der Waals surface area contributed by atoms with Gasteiger partial charge in [-0.1, -0.05) is 64.2 Å². The van der Waals surface area contributed by atoms with Crippen molar-refractivity contribution in [1.82, 2.24) is 4.98 Å². The van der Waals surface area contributed by atoms with Gasteiger partial charge >= 0.3 is 0 Å². The molecule has 2 aromatic carbocycles. The number of rotatable bonds is 2.